The largest absolute Gasteiger partial charge is 0.496 e. The van der Waals surface area contributed by atoms with E-state index in [4.69, 9.17) is 10.5 Å². The summed E-state index contributed by atoms with van der Waals surface area (Å²) in [6.45, 7) is 0. The van der Waals surface area contributed by atoms with Crippen LogP contribution in [-0.4, -0.2) is 12.1 Å². The second-order valence-corrected chi connectivity index (χ2v) is 3.20. The topological polar surface area (TPSA) is 48.1 Å². The van der Waals surface area contributed by atoms with Gasteiger partial charge in [-0.15, -0.1) is 0 Å². The highest BCUT2D eigenvalue weighted by Gasteiger charge is 2.04. The number of anilines is 1. The fraction of sp³-hybridized carbons (Fsp3) is 0.0833. The summed E-state index contributed by atoms with van der Waals surface area (Å²) in [5.74, 6) is 0.779. The van der Waals surface area contributed by atoms with Crippen molar-refractivity contribution in [1.82, 2.24) is 4.98 Å². The molecule has 1 heterocycles. The average molecular weight is 200 g/mol. The van der Waals surface area contributed by atoms with Crippen molar-refractivity contribution in [2.75, 3.05) is 12.8 Å². The van der Waals surface area contributed by atoms with E-state index < -0.39 is 0 Å². The van der Waals surface area contributed by atoms with Crippen LogP contribution in [0.25, 0.3) is 11.1 Å². The molecule has 0 bridgehead atoms. The van der Waals surface area contributed by atoms with Crippen molar-refractivity contribution in [3.05, 3.63) is 42.7 Å². The maximum Gasteiger partial charge on any atom is 0.128 e. The summed E-state index contributed by atoms with van der Waals surface area (Å²) >= 11 is 0. The number of nitrogens with zero attached hydrogens (tertiary/aromatic N) is 1. The van der Waals surface area contributed by atoms with Gasteiger partial charge in [-0.2, -0.15) is 0 Å². The number of rotatable bonds is 2. The third-order valence-corrected chi connectivity index (χ3v) is 2.22. The Hall–Kier alpha value is -2.03. The van der Waals surface area contributed by atoms with Crippen molar-refractivity contribution in [1.29, 1.82) is 0 Å². The van der Waals surface area contributed by atoms with Crippen LogP contribution in [0.15, 0.2) is 42.7 Å². The van der Waals surface area contributed by atoms with Gasteiger partial charge in [0.15, 0.2) is 0 Å². The van der Waals surface area contributed by atoms with E-state index in [1.807, 2.05) is 30.3 Å². The first kappa shape index (κ1) is 9.52. The van der Waals surface area contributed by atoms with E-state index >= 15 is 0 Å². The monoisotopic (exact) mass is 200 g/mol. The minimum atomic E-state index is 0.699. The average Bonchev–Trinajstić information content (AvgIpc) is 2.30. The smallest absolute Gasteiger partial charge is 0.128 e. The van der Waals surface area contributed by atoms with Crippen molar-refractivity contribution >= 4 is 5.69 Å². The standard InChI is InChI=1S/C12H12N2O/c1-15-12-8-10(13)2-3-11(12)9-4-6-14-7-5-9/h2-8H,13H2,1H3. The van der Waals surface area contributed by atoms with Crippen LogP contribution >= 0.6 is 0 Å². The van der Waals surface area contributed by atoms with E-state index in [2.05, 4.69) is 4.98 Å². The van der Waals surface area contributed by atoms with Crippen LogP contribution in [0.1, 0.15) is 0 Å². The first-order valence-corrected chi connectivity index (χ1v) is 4.65. The lowest BCUT2D eigenvalue weighted by Gasteiger charge is -2.08. The quantitative estimate of drug-likeness (QED) is 0.757. The Labute approximate surface area is 88.5 Å². The fourth-order valence-corrected chi connectivity index (χ4v) is 1.48. The molecule has 2 aromatic rings. The van der Waals surface area contributed by atoms with Gasteiger partial charge < -0.3 is 10.5 Å². The summed E-state index contributed by atoms with van der Waals surface area (Å²) in [4.78, 5) is 3.98. The van der Waals surface area contributed by atoms with Gasteiger partial charge in [0.1, 0.15) is 5.75 Å². The Morgan fingerprint density at radius 2 is 1.87 bits per heavy atom. The van der Waals surface area contributed by atoms with Gasteiger partial charge in [-0.1, -0.05) is 0 Å². The first-order valence-electron chi connectivity index (χ1n) is 4.65. The molecule has 0 saturated heterocycles. The Morgan fingerprint density at radius 1 is 1.13 bits per heavy atom. The summed E-state index contributed by atoms with van der Waals surface area (Å²) in [6, 6.07) is 9.50. The van der Waals surface area contributed by atoms with Gasteiger partial charge in [0.2, 0.25) is 0 Å². The van der Waals surface area contributed by atoms with Crippen LogP contribution in [0.2, 0.25) is 0 Å². The molecule has 0 radical (unpaired) electrons. The zero-order valence-corrected chi connectivity index (χ0v) is 8.47. The van der Waals surface area contributed by atoms with Crippen LogP contribution in [-0.2, 0) is 0 Å². The summed E-state index contributed by atoms with van der Waals surface area (Å²) < 4.78 is 5.28. The zero-order chi connectivity index (χ0) is 10.7. The molecule has 0 aliphatic rings. The van der Waals surface area contributed by atoms with E-state index in [0.29, 0.717) is 5.69 Å². The SMILES string of the molecule is COc1cc(N)ccc1-c1ccncc1. The Morgan fingerprint density at radius 3 is 2.53 bits per heavy atom. The Balaban J connectivity index is 2.53. The Bertz CT molecular complexity index is 454. The minimum absolute atomic E-state index is 0.699. The van der Waals surface area contributed by atoms with Crippen molar-refractivity contribution in [2.24, 2.45) is 0 Å². The molecule has 3 nitrogen and oxygen atoms in total. The molecule has 0 fully saturated rings. The summed E-state index contributed by atoms with van der Waals surface area (Å²) in [5, 5.41) is 0. The van der Waals surface area contributed by atoms with Crippen LogP contribution < -0.4 is 10.5 Å². The lowest BCUT2D eigenvalue weighted by Crippen LogP contribution is -1.91. The van der Waals surface area contributed by atoms with E-state index in [1.54, 1.807) is 19.5 Å². The molecule has 3 heteroatoms. The molecule has 0 aliphatic heterocycles. The van der Waals surface area contributed by atoms with Gasteiger partial charge in [-0.05, 0) is 29.8 Å². The van der Waals surface area contributed by atoms with Gasteiger partial charge in [-0.25, -0.2) is 0 Å². The number of methoxy groups -OCH3 is 1. The molecule has 2 N–H and O–H groups in total. The number of pyridine rings is 1. The lowest BCUT2D eigenvalue weighted by atomic mass is 10.1. The number of benzene rings is 1. The molecular weight excluding hydrogens is 188 g/mol. The van der Waals surface area contributed by atoms with E-state index in [0.717, 1.165) is 16.9 Å². The van der Waals surface area contributed by atoms with Crippen LogP contribution in [0.5, 0.6) is 5.75 Å². The number of ether oxygens (including phenoxy) is 1. The molecule has 0 unspecified atom stereocenters. The highest BCUT2D eigenvalue weighted by atomic mass is 16.5. The predicted octanol–water partition coefficient (Wildman–Crippen LogP) is 2.34. The predicted molar refractivity (Wildman–Crippen MR) is 60.6 cm³/mol. The van der Waals surface area contributed by atoms with Crippen LogP contribution in [0.4, 0.5) is 5.69 Å². The fourth-order valence-electron chi connectivity index (χ4n) is 1.48. The number of nitrogens with two attached hydrogens (primary N) is 1. The number of hydrogen-bond acceptors (Lipinski definition) is 3. The third-order valence-electron chi connectivity index (χ3n) is 2.22. The van der Waals surface area contributed by atoms with E-state index in [1.165, 1.54) is 0 Å². The zero-order valence-electron chi connectivity index (χ0n) is 8.47. The van der Waals surface area contributed by atoms with Crippen molar-refractivity contribution in [3.63, 3.8) is 0 Å². The summed E-state index contributed by atoms with van der Waals surface area (Å²) in [7, 11) is 1.64. The van der Waals surface area contributed by atoms with Crippen molar-refractivity contribution < 1.29 is 4.74 Å². The maximum atomic E-state index is 5.69. The number of nitrogen functional groups attached to an aromatic ring is 1. The minimum Gasteiger partial charge on any atom is -0.496 e. The van der Waals surface area contributed by atoms with E-state index in [9.17, 15) is 0 Å². The lowest BCUT2D eigenvalue weighted by molar-refractivity contribution is 0.416. The molecular formula is C12H12N2O. The summed E-state index contributed by atoms with van der Waals surface area (Å²) in [6.07, 6.45) is 3.51. The molecule has 0 aliphatic carbocycles. The molecule has 76 valence electrons. The molecule has 1 aromatic carbocycles. The van der Waals surface area contributed by atoms with Gasteiger partial charge in [0.05, 0.1) is 7.11 Å². The first-order chi connectivity index (χ1) is 7.31. The van der Waals surface area contributed by atoms with Crippen molar-refractivity contribution in [2.45, 2.75) is 0 Å². The maximum absolute atomic E-state index is 5.69. The Kier molecular flexibility index (Phi) is 2.54. The number of hydrogen-bond donors (Lipinski definition) is 1. The molecule has 0 amide bonds. The van der Waals surface area contributed by atoms with Gasteiger partial charge in [0.25, 0.3) is 0 Å². The second-order valence-electron chi connectivity index (χ2n) is 3.20. The molecule has 0 spiro atoms. The van der Waals surface area contributed by atoms with Crippen LogP contribution in [0.3, 0.4) is 0 Å². The molecule has 15 heavy (non-hydrogen) atoms. The highest BCUT2D eigenvalue weighted by Crippen LogP contribution is 2.30. The molecule has 1 aromatic heterocycles. The molecule has 0 atom stereocenters. The van der Waals surface area contributed by atoms with Gasteiger partial charge in [-0.3, -0.25) is 4.98 Å². The van der Waals surface area contributed by atoms with Gasteiger partial charge >= 0.3 is 0 Å². The summed E-state index contributed by atoms with van der Waals surface area (Å²) in [5.41, 5.74) is 8.48. The van der Waals surface area contributed by atoms with Crippen molar-refractivity contribution in [3.8, 4) is 16.9 Å². The normalized spacial score (nSPS) is 9.93. The van der Waals surface area contributed by atoms with E-state index in [-0.39, 0.29) is 0 Å². The molecule has 2 rings (SSSR count). The van der Waals surface area contributed by atoms with Crippen LogP contribution in [0, 0.1) is 0 Å². The molecule has 0 saturated carbocycles. The van der Waals surface area contributed by atoms with Gasteiger partial charge in [0, 0.05) is 29.7 Å². The second kappa shape index (κ2) is 4.00. The third kappa shape index (κ3) is 1.91. The number of aromatic nitrogens is 1. The highest BCUT2D eigenvalue weighted by molar-refractivity contribution is 5.72.